The van der Waals surface area contributed by atoms with Crippen LogP contribution >= 0.6 is 11.6 Å². The van der Waals surface area contributed by atoms with Gasteiger partial charge in [-0.25, -0.2) is 0 Å². The topological polar surface area (TPSA) is 12.9 Å². The van der Waals surface area contributed by atoms with E-state index in [1.54, 1.807) is 0 Å². The molecule has 1 fully saturated rings. The van der Waals surface area contributed by atoms with E-state index in [0.29, 0.717) is 11.8 Å². The molecule has 0 radical (unpaired) electrons. The van der Waals surface area contributed by atoms with E-state index in [4.69, 9.17) is 11.6 Å². The molecule has 2 heteroatoms. The Morgan fingerprint density at radius 3 is 3.00 bits per heavy atom. The molecular weight excluding hydrogens is 158 g/mol. The van der Waals surface area contributed by atoms with E-state index in [1.807, 2.05) is 18.3 Å². The molecule has 0 spiro atoms. The Morgan fingerprint density at radius 2 is 2.45 bits per heavy atom. The van der Waals surface area contributed by atoms with Crippen LogP contribution in [0.3, 0.4) is 0 Å². The number of nitrogens with zero attached hydrogens (tertiary/aromatic N) is 1. The second kappa shape index (κ2) is 2.82. The first-order valence-corrected chi connectivity index (χ1v) is 4.42. The smallest absolute Gasteiger partial charge is 0.0437 e. The molecule has 1 heterocycles. The summed E-state index contributed by atoms with van der Waals surface area (Å²) in [5.41, 5.74) is 1.21. The van der Waals surface area contributed by atoms with Crippen LogP contribution in [0.4, 0.5) is 0 Å². The van der Waals surface area contributed by atoms with E-state index in [-0.39, 0.29) is 0 Å². The zero-order chi connectivity index (χ0) is 7.68. The van der Waals surface area contributed by atoms with Crippen LogP contribution in [0.15, 0.2) is 24.4 Å². The molecule has 2 unspecified atom stereocenters. The van der Waals surface area contributed by atoms with Gasteiger partial charge in [0, 0.05) is 23.7 Å². The molecule has 2 rings (SSSR count). The van der Waals surface area contributed by atoms with Gasteiger partial charge in [-0.1, -0.05) is 6.07 Å². The third-order valence-electron chi connectivity index (χ3n) is 2.19. The van der Waals surface area contributed by atoms with E-state index in [0.717, 1.165) is 5.88 Å². The van der Waals surface area contributed by atoms with Gasteiger partial charge in [0.05, 0.1) is 0 Å². The third kappa shape index (κ3) is 1.38. The number of rotatable bonds is 2. The molecule has 1 aliphatic carbocycles. The van der Waals surface area contributed by atoms with E-state index < -0.39 is 0 Å². The van der Waals surface area contributed by atoms with E-state index in [2.05, 4.69) is 11.1 Å². The number of hydrogen-bond donors (Lipinski definition) is 0. The molecule has 1 saturated carbocycles. The normalized spacial score (nSPS) is 28.5. The van der Waals surface area contributed by atoms with Gasteiger partial charge in [-0.15, -0.1) is 11.6 Å². The van der Waals surface area contributed by atoms with E-state index >= 15 is 0 Å². The Hall–Kier alpha value is -0.560. The summed E-state index contributed by atoms with van der Waals surface area (Å²) in [6, 6.07) is 6.06. The Labute approximate surface area is 71.4 Å². The van der Waals surface area contributed by atoms with Gasteiger partial charge >= 0.3 is 0 Å². The highest BCUT2D eigenvalue weighted by molar-refractivity contribution is 6.18. The van der Waals surface area contributed by atoms with Crippen LogP contribution in [0.5, 0.6) is 0 Å². The van der Waals surface area contributed by atoms with Gasteiger partial charge < -0.3 is 0 Å². The maximum atomic E-state index is 5.72. The molecular formula is C9H10ClN. The minimum absolute atomic E-state index is 0.647. The molecule has 1 nitrogen and oxygen atoms in total. The highest BCUT2D eigenvalue weighted by Gasteiger charge is 2.38. The SMILES string of the molecule is ClCC1CC1c1ccccn1. The van der Waals surface area contributed by atoms with Crippen molar-refractivity contribution < 1.29 is 0 Å². The first-order valence-electron chi connectivity index (χ1n) is 3.88. The molecule has 1 aromatic heterocycles. The third-order valence-corrected chi connectivity index (χ3v) is 2.58. The monoisotopic (exact) mass is 167 g/mol. The lowest BCUT2D eigenvalue weighted by atomic mass is 10.2. The summed E-state index contributed by atoms with van der Waals surface area (Å²) < 4.78 is 0. The molecule has 0 saturated heterocycles. The van der Waals surface area contributed by atoms with Crippen molar-refractivity contribution in [1.29, 1.82) is 0 Å². The molecule has 11 heavy (non-hydrogen) atoms. The average Bonchev–Trinajstić information content (AvgIpc) is 2.85. The zero-order valence-corrected chi connectivity index (χ0v) is 6.96. The van der Waals surface area contributed by atoms with Crippen molar-refractivity contribution in [3.05, 3.63) is 30.1 Å². The lowest BCUT2D eigenvalue weighted by Crippen LogP contribution is -1.87. The van der Waals surface area contributed by atoms with Crippen molar-refractivity contribution >= 4 is 11.6 Å². The summed E-state index contributed by atoms with van der Waals surface area (Å²) in [6.07, 6.45) is 3.07. The van der Waals surface area contributed by atoms with Gasteiger partial charge in [-0.2, -0.15) is 0 Å². The van der Waals surface area contributed by atoms with Gasteiger partial charge in [0.1, 0.15) is 0 Å². The Balaban J connectivity index is 2.09. The number of halogens is 1. The molecule has 58 valence electrons. The Bertz CT molecular complexity index is 235. The number of aromatic nitrogens is 1. The number of alkyl halides is 1. The van der Waals surface area contributed by atoms with Gasteiger partial charge in [-0.3, -0.25) is 4.98 Å². The predicted octanol–water partition coefficient (Wildman–Crippen LogP) is 2.42. The van der Waals surface area contributed by atoms with Crippen LogP contribution in [0.1, 0.15) is 18.0 Å². The standard InChI is InChI=1S/C9H10ClN/c10-6-7-5-8(7)9-3-1-2-4-11-9/h1-4,7-8H,5-6H2. The average molecular weight is 168 g/mol. The second-order valence-electron chi connectivity index (χ2n) is 3.01. The number of hydrogen-bond acceptors (Lipinski definition) is 1. The minimum atomic E-state index is 0.647. The zero-order valence-electron chi connectivity index (χ0n) is 6.20. The first-order chi connectivity index (χ1) is 5.42. The molecule has 0 bridgehead atoms. The highest BCUT2D eigenvalue weighted by Crippen LogP contribution is 2.46. The highest BCUT2D eigenvalue weighted by atomic mass is 35.5. The summed E-state index contributed by atoms with van der Waals surface area (Å²) in [5, 5.41) is 0. The van der Waals surface area contributed by atoms with E-state index in [1.165, 1.54) is 12.1 Å². The lowest BCUT2D eigenvalue weighted by Gasteiger charge is -1.94. The fourth-order valence-electron chi connectivity index (χ4n) is 1.38. The van der Waals surface area contributed by atoms with Gasteiger partial charge in [0.2, 0.25) is 0 Å². The van der Waals surface area contributed by atoms with Gasteiger partial charge in [-0.05, 0) is 24.5 Å². The van der Waals surface area contributed by atoms with Crippen LogP contribution in [-0.2, 0) is 0 Å². The van der Waals surface area contributed by atoms with Crippen LogP contribution in [0.2, 0.25) is 0 Å². The summed E-state index contributed by atoms with van der Waals surface area (Å²) in [6.45, 7) is 0. The summed E-state index contributed by atoms with van der Waals surface area (Å²) in [7, 11) is 0. The van der Waals surface area contributed by atoms with Crippen LogP contribution < -0.4 is 0 Å². The number of pyridine rings is 1. The lowest BCUT2D eigenvalue weighted by molar-refractivity contribution is 0.892. The van der Waals surface area contributed by atoms with Gasteiger partial charge in [0.25, 0.3) is 0 Å². The maximum Gasteiger partial charge on any atom is 0.0437 e. The van der Waals surface area contributed by atoms with Crippen LogP contribution in [0, 0.1) is 5.92 Å². The molecule has 1 aliphatic rings. The van der Waals surface area contributed by atoms with Gasteiger partial charge in [0.15, 0.2) is 0 Å². The Kier molecular flexibility index (Phi) is 1.82. The molecule has 2 atom stereocenters. The quantitative estimate of drug-likeness (QED) is 0.617. The molecule has 0 amide bonds. The molecule has 1 aromatic rings. The van der Waals surface area contributed by atoms with Crippen molar-refractivity contribution in [2.75, 3.05) is 5.88 Å². The summed E-state index contributed by atoms with van der Waals surface area (Å²) in [4.78, 5) is 4.28. The molecule has 0 aliphatic heterocycles. The minimum Gasteiger partial charge on any atom is -0.261 e. The largest absolute Gasteiger partial charge is 0.261 e. The Morgan fingerprint density at radius 1 is 1.55 bits per heavy atom. The fraction of sp³-hybridized carbons (Fsp3) is 0.444. The molecule has 0 N–H and O–H groups in total. The van der Waals surface area contributed by atoms with Crippen molar-refractivity contribution in [2.24, 2.45) is 5.92 Å². The van der Waals surface area contributed by atoms with Crippen molar-refractivity contribution in [2.45, 2.75) is 12.3 Å². The maximum absolute atomic E-state index is 5.72. The summed E-state index contributed by atoms with van der Waals surface area (Å²) >= 11 is 5.72. The van der Waals surface area contributed by atoms with Crippen LogP contribution in [0.25, 0.3) is 0 Å². The first kappa shape index (κ1) is 7.11. The van der Waals surface area contributed by atoms with E-state index in [9.17, 15) is 0 Å². The molecule has 0 aromatic carbocycles. The summed E-state index contributed by atoms with van der Waals surface area (Å²) in [5.74, 6) is 2.11. The van der Waals surface area contributed by atoms with Crippen molar-refractivity contribution in [1.82, 2.24) is 4.98 Å². The second-order valence-corrected chi connectivity index (χ2v) is 3.32. The van der Waals surface area contributed by atoms with Crippen LogP contribution in [-0.4, -0.2) is 10.9 Å². The fourth-order valence-corrected chi connectivity index (χ4v) is 1.72. The predicted molar refractivity (Wildman–Crippen MR) is 45.8 cm³/mol. The van der Waals surface area contributed by atoms with Crippen molar-refractivity contribution in [3.63, 3.8) is 0 Å². The van der Waals surface area contributed by atoms with Crippen molar-refractivity contribution in [3.8, 4) is 0 Å².